The van der Waals surface area contributed by atoms with Gasteiger partial charge in [0, 0.05) is 12.6 Å². The molecular weight excluding hydrogens is 288 g/mol. The molecule has 0 radical (unpaired) electrons. The molecule has 2 aromatic heterocycles. The van der Waals surface area contributed by atoms with E-state index in [9.17, 15) is 4.79 Å². The van der Waals surface area contributed by atoms with Crippen LogP contribution in [0.1, 0.15) is 27.2 Å². The number of carbonyl (C=O) groups excluding carboxylic acids is 1. The summed E-state index contributed by atoms with van der Waals surface area (Å²) in [5, 5.41) is 12.0. The van der Waals surface area contributed by atoms with Gasteiger partial charge < -0.3 is 9.73 Å². The number of nitrogens with one attached hydrogen (secondary N) is 1. The maximum atomic E-state index is 11.8. The fourth-order valence-corrected chi connectivity index (χ4v) is 2.63. The van der Waals surface area contributed by atoms with Crippen LogP contribution < -0.4 is 5.32 Å². The summed E-state index contributed by atoms with van der Waals surface area (Å²) < 4.78 is 7.30. The lowest BCUT2D eigenvalue weighted by Gasteiger charge is -2.11. The van der Waals surface area contributed by atoms with Crippen LogP contribution in [-0.4, -0.2) is 32.5 Å². The first-order valence-electron chi connectivity index (χ1n) is 7.04. The van der Waals surface area contributed by atoms with Crippen LogP contribution in [0.2, 0.25) is 0 Å². The fraction of sp³-hybridized carbons (Fsp3) is 0.500. The summed E-state index contributed by atoms with van der Waals surface area (Å²) in [5.74, 6) is 1.72. The maximum Gasteiger partial charge on any atom is 0.230 e. The van der Waals surface area contributed by atoms with Gasteiger partial charge in [-0.3, -0.25) is 9.36 Å². The van der Waals surface area contributed by atoms with E-state index in [0.717, 1.165) is 18.1 Å². The Morgan fingerprint density at radius 2 is 2.29 bits per heavy atom. The molecule has 0 saturated heterocycles. The van der Waals surface area contributed by atoms with Gasteiger partial charge in [-0.05, 0) is 32.4 Å². The number of rotatable bonds is 7. The average molecular weight is 308 g/mol. The predicted molar refractivity (Wildman–Crippen MR) is 82.0 cm³/mol. The molecule has 6 nitrogen and oxygen atoms in total. The van der Waals surface area contributed by atoms with Gasteiger partial charge in [0.25, 0.3) is 0 Å². The normalized spacial score (nSPS) is 12.3. The van der Waals surface area contributed by atoms with Gasteiger partial charge in [-0.1, -0.05) is 18.7 Å². The number of amides is 1. The summed E-state index contributed by atoms with van der Waals surface area (Å²) in [5.41, 5.74) is 0. The number of hydrogen-bond acceptors (Lipinski definition) is 5. The molecule has 2 rings (SSSR count). The van der Waals surface area contributed by atoms with Gasteiger partial charge >= 0.3 is 0 Å². The highest BCUT2D eigenvalue weighted by Gasteiger charge is 2.16. The van der Waals surface area contributed by atoms with Crippen molar-refractivity contribution in [2.45, 2.75) is 44.9 Å². The van der Waals surface area contributed by atoms with E-state index in [1.165, 1.54) is 11.8 Å². The molecule has 1 amide bonds. The minimum atomic E-state index is 0.0135. The van der Waals surface area contributed by atoms with E-state index in [-0.39, 0.29) is 11.9 Å². The minimum absolute atomic E-state index is 0.0135. The minimum Gasteiger partial charge on any atom is -0.461 e. The first-order chi connectivity index (χ1) is 10.2. The molecule has 0 aliphatic heterocycles. The molecule has 114 valence electrons. The lowest BCUT2D eigenvalue weighted by atomic mass is 10.3. The molecule has 21 heavy (non-hydrogen) atoms. The summed E-state index contributed by atoms with van der Waals surface area (Å²) in [6, 6.07) is 3.86. The molecule has 0 spiro atoms. The van der Waals surface area contributed by atoms with E-state index >= 15 is 0 Å². The SMILES string of the molecule is CC[C@@H](C)NC(=O)CSc1nnc(-c2ccco2)n1CC. The molecular formula is C14H20N4O2S. The third kappa shape index (κ3) is 3.87. The van der Waals surface area contributed by atoms with Gasteiger partial charge in [0.2, 0.25) is 5.91 Å². The van der Waals surface area contributed by atoms with Crippen molar-refractivity contribution >= 4 is 17.7 Å². The molecule has 2 aromatic rings. The van der Waals surface area contributed by atoms with Gasteiger partial charge in [-0.15, -0.1) is 10.2 Å². The zero-order valence-corrected chi connectivity index (χ0v) is 13.3. The number of hydrogen-bond donors (Lipinski definition) is 1. The molecule has 0 fully saturated rings. The second kappa shape index (κ2) is 7.31. The summed E-state index contributed by atoms with van der Waals surface area (Å²) in [6.07, 6.45) is 2.53. The van der Waals surface area contributed by atoms with E-state index in [4.69, 9.17) is 4.42 Å². The maximum absolute atomic E-state index is 11.8. The number of aromatic nitrogens is 3. The van der Waals surface area contributed by atoms with Gasteiger partial charge in [0.1, 0.15) is 0 Å². The molecule has 0 unspecified atom stereocenters. The third-order valence-electron chi connectivity index (χ3n) is 3.13. The van der Waals surface area contributed by atoms with Crippen molar-refractivity contribution in [1.29, 1.82) is 0 Å². The lowest BCUT2D eigenvalue weighted by Crippen LogP contribution is -2.33. The van der Waals surface area contributed by atoms with Crippen molar-refractivity contribution in [1.82, 2.24) is 20.1 Å². The Kier molecular flexibility index (Phi) is 5.44. The predicted octanol–water partition coefficient (Wildman–Crippen LogP) is 2.56. The van der Waals surface area contributed by atoms with Crippen molar-refractivity contribution in [2.75, 3.05) is 5.75 Å². The number of furan rings is 1. The van der Waals surface area contributed by atoms with Crippen molar-refractivity contribution in [3.63, 3.8) is 0 Å². The van der Waals surface area contributed by atoms with Gasteiger partial charge in [-0.2, -0.15) is 0 Å². The van der Waals surface area contributed by atoms with Gasteiger partial charge in [0.15, 0.2) is 16.7 Å². The highest BCUT2D eigenvalue weighted by Crippen LogP contribution is 2.24. The first kappa shape index (κ1) is 15.6. The number of carbonyl (C=O) groups is 1. The highest BCUT2D eigenvalue weighted by molar-refractivity contribution is 7.99. The third-order valence-corrected chi connectivity index (χ3v) is 4.09. The zero-order valence-electron chi connectivity index (χ0n) is 12.5. The van der Waals surface area contributed by atoms with Crippen molar-refractivity contribution in [2.24, 2.45) is 0 Å². The molecule has 7 heteroatoms. The Morgan fingerprint density at radius 3 is 2.90 bits per heavy atom. The Hall–Kier alpha value is -1.76. The standard InChI is InChI=1S/C14H20N4O2S/c1-4-10(3)15-12(19)9-21-14-17-16-13(18(14)5-2)11-7-6-8-20-11/h6-8,10H,4-5,9H2,1-3H3,(H,15,19)/t10-/m1/s1. The second-order valence-corrected chi connectivity index (χ2v) is 5.64. The Morgan fingerprint density at radius 1 is 1.48 bits per heavy atom. The van der Waals surface area contributed by atoms with Crippen LogP contribution in [0.15, 0.2) is 28.0 Å². The quantitative estimate of drug-likeness (QED) is 0.796. The zero-order chi connectivity index (χ0) is 15.2. The average Bonchev–Trinajstić information content (AvgIpc) is 3.13. The van der Waals surface area contributed by atoms with E-state index in [1.54, 1.807) is 6.26 Å². The van der Waals surface area contributed by atoms with Crippen LogP contribution in [0, 0.1) is 0 Å². The fourth-order valence-electron chi connectivity index (χ4n) is 1.82. The van der Waals surface area contributed by atoms with E-state index in [1.807, 2.05) is 37.5 Å². The molecule has 0 aliphatic rings. The first-order valence-corrected chi connectivity index (χ1v) is 8.03. The Bertz CT molecular complexity index is 580. The Labute approximate surface area is 128 Å². The van der Waals surface area contributed by atoms with Crippen LogP contribution >= 0.6 is 11.8 Å². The topological polar surface area (TPSA) is 73.0 Å². The van der Waals surface area contributed by atoms with Crippen LogP contribution in [-0.2, 0) is 11.3 Å². The summed E-state index contributed by atoms with van der Waals surface area (Å²) in [7, 11) is 0. The second-order valence-electron chi connectivity index (χ2n) is 4.69. The Balaban J connectivity index is 2.03. The highest BCUT2D eigenvalue weighted by atomic mass is 32.2. The van der Waals surface area contributed by atoms with E-state index < -0.39 is 0 Å². The van der Waals surface area contributed by atoms with Crippen molar-refractivity contribution in [3.05, 3.63) is 18.4 Å². The molecule has 0 saturated carbocycles. The number of nitrogens with zero attached hydrogens (tertiary/aromatic N) is 3. The van der Waals surface area contributed by atoms with Crippen LogP contribution in [0.3, 0.4) is 0 Å². The monoisotopic (exact) mass is 308 g/mol. The molecule has 0 aromatic carbocycles. The molecule has 2 heterocycles. The van der Waals surface area contributed by atoms with E-state index in [2.05, 4.69) is 15.5 Å². The lowest BCUT2D eigenvalue weighted by molar-refractivity contribution is -0.119. The van der Waals surface area contributed by atoms with Gasteiger partial charge in [-0.25, -0.2) is 0 Å². The van der Waals surface area contributed by atoms with Crippen LogP contribution in [0.25, 0.3) is 11.6 Å². The van der Waals surface area contributed by atoms with Crippen LogP contribution in [0.5, 0.6) is 0 Å². The molecule has 0 bridgehead atoms. The summed E-state index contributed by atoms with van der Waals surface area (Å²) in [4.78, 5) is 11.8. The molecule has 0 aliphatic carbocycles. The number of thioether (sulfide) groups is 1. The molecule has 1 atom stereocenters. The van der Waals surface area contributed by atoms with Crippen molar-refractivity contribution < 1.29 is 9.21 Å². The van der Waals surface area contributed by atoms with E-state index in [0.29, 0.717) is 17.3 Å². The summed E-state index contributed by atoms with van der Waals surface area (Å²) in [6.45, 7) is 6.77. The van der Waals surface area contributed by atoms with Crippen molar-refractivity contribution in [3.8, 4) is 11.6 Å². The molecule has 1 N–H and O–H groups in total. The largest absolute Gasteiger partial charge is 0.461 e. The van der Waals surface area contributed by atoms with Gasteiger partial charge in [0.05, 0.1) is 12.0 Å². The smallest absolute Gasteiger partial charge is 0.230 e. The summed E-state index contributed by atoms with van der Waals surface area (Å²) >= 11 is 1.39. The van der Waals surface area contributed by atoms with Crippen LogP contribution in [0.4, 0.5) is 0 Å².